The van der Waals surface area contributed by atoms with Crippen LogP contribution in [0.3, 0.4) is 0 Å². The molecule has 0 aliphatic carbocycles. The van der Waals surface area contributed by atoms with Gasteiger partial charge in [-0.15, -0.1) is 0 Å². The van der Waals surface area contributed by atoms with Gasteiger partial charge < -0.3 is 10.8 Å². The lowest BCUT2D eigenvalue weighted by molar-refractivity contribution is -0.137. The molecule has 0 aliphatic rings. The summed E-state index contributed by atoms with van der Waals surface area (Å²) < 4.78 is 12.7. The molecule has 0 bridgehead atoms. The molecule has 1 aromatic carbocycles. The summed E-state index contributed by atoms with van der Waals surface area (Å²) in [6.07, 6.45) is -0.0384. The van der Waals surface area contributed by atoms with E-state index in [1.807, 2.05) is 0 Å². The summed E-state index contributed by atoms with van der Waals surface area (Å²) in [4.78, 5) is 10.6. The lowest BCUT2D eigenvalue weighted by Crippen LogP contribution is -2.26. The number of halogens is 1. The summed E-state index contributed by atoms with van der Waals surface area (Å²) >= 11 is 0. The van der Waals surface area contributed by atoms with Gasteiger partial charge >= 0.3 is 5.97 Å². The Hall–Kier alpha value is -1.42. The van der Waals surface area contributed by atoms with Gasteiger partial charge in [0, 0.05) is 12.0 Å². The summed E-state index contributed by atoms with van der Waals surface area (Å²) in [6.45, 7) is 1.75. The molecule has 0 saturated heterocycles. The maximum absolute atomic E-state index is 12.7. The van der Waals surface area contributed by atoms with E-state index in [4.69, 9.17) is 10.8 Å². The van der Waals surface area contributed by atoms with Crippen LogP contribution in [0.2, 0.25) is 0 Å². The fraction of sp³-hybridized carbons (Fsp3) is 0.364. The molecule has 82 valence electrons. The maximum Gasteiger partial charge on any atom is 0.304 e. The van der Waals surface area contributed by atoms with Gasteiger partial charge in [0.05, 0.1) is 6.42 Å². The number of hydrogen-bond acceptors (Lipinski definition) is 2. The second-order valence-corrected chi connectivity index (χ2v) is 3.62. The minimum Gasteiger partial charge on any atom is -0.481 e. The highest BCUT2D eigenvalue weighted by atomic mass is 19.1. The second-order valence-electron chi connectivity index (χ2n) is 3.62. The first kappa shape index (κ1) is 11.7. The highest BCUT2D eigenvalue weighted by Crippen LogP contribution is 2.22. The molecule has 0 aliphatic heterocycles. The van der Waals surface area contributed by atoms with E-state index in [9.17, 15) is 9.18 Å². The Bertz CT molecular complexity index is 335. The number of carboxylic acid groups (broad SMARTS) is 1. The van der Waals surface area contributed by atoms with E-state index in [1.54, 1.807) is 19.1 Å². The Morgan fingerprint density at radius 1 is 1.47 bits per heavy atom. The molecular weight excluding hydrogens is 197 g/mol. The molecule has 2 unspecified atom stereocenters. The molecule has 1 rings (SSSR count). The average Bonchev–Trinajstić information content (AvgIpc) is 2.15. The average molecular weight is 211 g/mol. The van der Waals surface area contributed by atoms with Gasteiger partial charge in [-0.1, -0.05) is 12.1 Å². The number of nitrogens with two attached hydrogens (primary N) is 1. The summed E-state index contributed by atoms with van der Waals surface area (Å²) in [5, 5.41) is 8.72. The molecule has 0 heterocycles. The van der Waals surface area contributed by atoms with Crippen molar-refractivity contribution in [3.05, 3.63) is 35.6 Å². The van der Waals surface area contributed by atoms with Crippen molar-refractivity contribution in [1.82, 2.24) is 0 Å². The molecular formula is C11H14FNO2. The van der Waals surface area contributed by atoms with Crippen molar-refractivity contribution in [3.63, 3.8) is 0 Å². The quantitative estimate of drug-likeness (QED) is 0.797. The maximum atomic E-state index is 12.7. The monoisotopic (exact) mass is 211 g/mol. The number of aliphatic carboxylic acids is 1. The molecule has 0 aromatic heterocycles. The van der Waals surface area contributed by atoms with Gasteiger partial charge in [0.25, 0.3) is 0 Å². The number of hydrogen-bond donors (Lipinski definition) is 2. The Morgan fingerprint density at radius 3 is 2.40 bits per heavy atom. The number of benzene rings is 1. The van der Waals surface area contributed by atoms with E-state index >= 15 is 0 Å². The van der Waals surface area contributed by atoms with Crippen molar-refractivity contribution in [1.29, 1.82) is 0 Å². The first-order valence-corrected chi connectivity index (χ1v) is 4.73. The summed E-state index contributed by atoms with van der Waals surface area (Å²) in [5.74, 6) is -1.51. The Labute approximate surface area is 87.7 Å². The fourth-order valence-corrected chi connectivity index (χ4v) is 1.51. The van der Waals surface area contributed by atoms with E-state index < -0.39 is 5.97 Å². The van der Waals surface area contributed by atoms with Crippen LogP contribution < -0.4 is 5.73 Å². The van der Waals surface area contributed by atoms with Crippen LogP contribution in [0, 0.1) is 5.82 Å². The van der Waals surface area contributed by atoms with E-state index in [0.29, 0.717) is 0 Å². The second kappa shape index (κ2) is 4.89. The molecule has 1 aromatic rings. The van der Waals surface area contributed by atoms with Gasteiger partial charge in [-0.3, -0.25) is 4.79 Å². The van der Waals surface area contributed by atoms with Gasteiger partial charge in [0.2, 0.25) is 0 Å². The molecule has 3 N–H and O–H groups in total. The molecule has 2 atom stereocenters. The van der Waals surface area contributed by atoms with Gasteiger partial charge in [0.1, 0.15) is 5.82 Å². The third kappa shape index (κ3) is 3.32. The summed E-state index contributed by atoms with van der Waals surface area (Å²) in [5.41, 5.74) is 6.46. The molecule has 0 saturated carbocycles. The highest BCUT2D eigenvalue weighted by Gasteiger charge is 2.19. The van der Waals surface area contributed by atoms with Gasteiger partial charge in [0.15, 0.2) is 0 Å². The first-order valence-electron chi connectivity index (χ1n) is 4.73. The van der Waals surface area contributed by atoms with Crippen molar-refractivity contribution >= 4 is 5.97 Å². The van der Waals surface area contributed by atoms with Crippen molar-refractivity contribution in [3.8, 4) is 0 Å². The molecule has 0 radical (unpaired) electrons. The molecule has 0 fully saturated rings. The number of rotatable bonds is 4. The first-order chi connectivity index (χ1) is 7.00. The molecule has 4 heteroatoms. The van der Waals surface area contributed by atoms with E-state index in [2.05, 4.69) is 0 Å². The van der Waals surface area contributed by atoms with Crippen LogP contribution >= 0.6 is 0 Å². The third-order valence-electron chi connectivity index (χ3n) is 2.33. The normalized spacial score (nSPS) is 14.6. The third-order valence-corrected chi connectivity index (χ3v) is 2.33. The Kier molecular flexibility index (Phi) is 3.80. The molecule has 0 spiro atoms. The van der Waals surface area contributed by atoms with Crippen LogP contribution in [0.25, 0.3) is 0 Å². The predicted molar refractivity (Wildman–Crippen MR) is 55.0 cm³/mol. The minimum atomic E-state index is -0.901. The minimum absolute atomic E-state index is 0.0384. The van der Waals surface area contributed by atoms with E-state index in [-0.39, 0.29) is 24.2 Å². The van der Waals surface area contributed by atoms with Crippen LogP contribution in [0.15, 0.2) is 24.3 Å². The standard InChI is InChI=1S/C11H14FNO2/c1-7(13)10(6-11(14)15)8-2-4-9(12)5-3-8/h2-5,7,10H,6,13H2,1H3,(H,14,15). The topological polar surface area (TPSA) is 63.3 Å². The van der Waals surface area contributed by atoms with Crippen LogP contribution in [-0.4, -0.2) is 17.1 Å². The van der Waals surface area contributed by atoms with Crippen LogP contribution in [0.4, 0.5) is 4.39 Å². The predicted octanol–water partition coefficient (Wildman–Crippen LogP) is 1.73. The summed E-state index contributed by atoms with van der Waals surface area (Å²) in [6, 6.07) is 5.50. The van der Waals surface area contributed by atoms with Crippen molar-refractivity contribution in [2.45, 2.75) is 25.3 Å². The van der Waals surface area contributed by atoms with E-state index in [1.165, 1.54) is 12.1 Å². The zero-order valence-corrected chi connectivity index (χ0v) is 8.48. The SMILES string of the molecule is CC(N)C(CC(=O)O)c1ccc(F)cc1. The lowest BCUT2D eigenvalue weighted by atomic mass is 9.90. The zero-order valence-electron chi connectivity index (χ0n) is 8.48. The molecule has 3 nitrogen and oxygen atoms in total. The Morgan fingerprint density at radius 2 is 2.00 bits per heavy atom. The number of carboxylic acids is 1. The van der Waals surface area contributed by atoms with Gasteiger partial charge in [-0.25, -0.2) is 4.39 Å². The highest BCUT2D eigenvalue weighted by molar-refractivity contribution is 5.68. The van der Waals surface area contributed by atoms with Gasteiger partial charge in [-0.05, 0) is 24.6 Å². The van der Waals surface area contributed by atoms with Gasteiger partial charge in [-0.2, -0.15) is 0 Å². The van der Waals surface area contributed by atoms with Crippen molar-refractivity contribution in [2.75, 3.05) is 0 Å². The number of carbonyl (C=O) groups is 1. The van der Waals surface area contributed by atoms with Crippen LogP contribution in [0.1, 0.15) is 24.8 Å². The molecule has 15 heavy (non-hydrogen) atoms. The fourth-order valence-electron chi connectivity index (χ4n) is 1.51. The largest absolute Gasteiger partial charge is 0.481 e. The van der Waals surface area contributed by atoms with Crippen molar-refractivity contribution < 1.29 is 14.3 Å². The lowest BCUT2D eigenvalue weighted by Gasteiger charge is -2.19. The van der Waals surface area contributed by atoms with Crippen LogP contribution in [-0.2, 0) is 4.79 Å². The van der Waals surface area contributed by atoms with E-state index in [0.717, 1.165) is 5.56 Å². The van der Waals surface area contributed by atoms with Crippen LogP contribution in [0.5, 0.6) is 0 Å². The summed E-state index contributed by atoms with van der Waals surface area (Å²) in [7, 11) is 0. The Balaban J connectivity index is 2.88. The zero-order chi connectivity index (χ0) is 11.4. The molecule has 0 amide bonds. The van der Waals surface area contributed by atoms with Crippen molar-refractivity contribution in [2.24, 2.45) is 5.73 Å². The smallest absolute Gasteiger partial charge is 0.304 e.